The molecule has 1 aliphatic heterocycles. The van der Waals surface area contributed by atoms with Gasteiger partial charge in [-0.25, -0.2) is 4.79 Å². The van der Waals surface area contributed by atoms with Crippen LogP contribution in [0.3, 0.4) is 0 Å². The molecule has 0 aliphatic carbocycles. The number of nitriles is 1. The lowest BCUT2D eigenvalue weighted by atomic mass is 10.0. The van der Waals surface area contributed by atoms with Crippen molar-refractivity contribution in [1.82, 2.24) is 4.90 Å². The molecule has 1 heterocycles. The van der Waals surface area contributed by atoms with E-state index in [1.807, 2.05) is 4.90 Å². The summed E-state index contributed by atoms with van der Waals surface area (Å²) in [6.07, 6.45) is 2.27. The maximum absolute atomic E-state index is 12.0. The van der Waals surface area contributed by atoms with Gasteiger partial charge in [0.25, 0.3) is 0 Å². The molecule has 18 heavy (non-hydrogen) atoms. The monoisotopic (exact) mass is 243 g/mol. The molecule has 1 N–H and O–H groups in total. The fraction of sp³-hybridized carbons (Fsp3) is 0.429. The number of nitrogens with zero attached hydrogens (tertiary/aromatic N) is 2. The van der Waals surface area contributed by atoms with Gasteiger partial charge in [0.15, 0.2) is 0 Å². The zero-order valence-corrected chi connectivity index (χ0v) is 10.5. The van der Waals surface area contributed by atoms with Crippen molar-refractivity contribution in [3.63, 3.8) is 0 Å². The van der Waals surface area contributed by atoms with Crippen molar-refractivity contribution in [3.8, 4) is 6.07 Å². The van der Waals surface area contributed by atoms with Gasteiger partial charge in [0.1, 0.15) is 0 Å². The maximum atomic E-state index is 12.0. The largest absolute Gasteiger partial charge is 0.324 e. The molecule has 4 heteroatoms. The summed E-state index contributed by atoms with van der Waals surface area (Å²) in [6, 6.07) is 8.92. The Labute approximate surface area is 107 Å². The van der Waals surface area contributed by atoms with Gasteiger partial charge in [0.05, 0.1) is 11.6 Å². The standard InChI is InChI=1S/C14H17N3O/c1-11-3-2-8-17(10-11)14(18)16-13-6-4-12(9-15)5-7-13/h4-7,11H,2-3,8,10H2,1H3,(H,16,18)/t11-/m0/s1. The number of amides is 2. The van der Waals surface area contributed by atoms with E-state index in [9.17, 15) is 4.79 Å². The van der Waals surface area contributed by atoms with Crippen molar-refractivity contribution >= 4 is 11.7 Å². The molecule has 0 unspecified atom stereocenters. The molecule has 1 aromatic rings. The van der Waals surface area contributed by atoms with Gasteiger partial charge in [0, 0.05) is 18.8 Å². The van der Waals surface area contributed by atoms with Crippen LogP contribution < -0.4 is 5.32 Å². The molecule has 0 aromatic heterocycles. The quantitative estimate of drug-likeness (QED) is 0.824. The van der Waals surface area contributed by atoms with Gasteiger partial charge in [-0.15, -0.1) is 0 Å². The normalized spacial score (nSPS) is 19.1. The molecule has 1 saturated heterocycles. The molecule has 2 amide bonds. The molecule has 0 saturated carbocycles. The van der Waals surface area contributed by atoms with E-state index in [-0.39, 0.29) is 6.03 Å². The first-order valence-corrected chi connectivity index (χ1v) is 6.25. The highest BCUT2D eigenvalue weighted by Gasteiger charge is 2.20. The summed E-state index contributed by atoms with van der Waals surface area (Å²) in [4.78, 5) is 13.9. The number of urea groups is 1. The fourth-order valence-electron chi connectivity index (χ4n) is 2.20. The van der Waals surface area contributed by atoms with Crippen LogP contribution in [0, 0.1) is 17.2 Å². The Balaban J connectivity index is 1.96. The molecule has 1 aromatic carbocycles. The summed E-state index contributed by atoms with van der Waals surface area (Å²) >= 11 is 0. The molecule has 0 radical (unpaired) electrons. The molecule has 1 fully saturated rings. The minimum Gasteiger partial charge on any atom is -0.324 e. The van der Waals surface area contributed by atoms with Crippen molar-refractivity contribution in [2.45, 2.75) is 19.8 Å². The Morgan fingerprint density at radius 1 is 1.44 bits per heavy atom. The number of piperidine rings is 1. The SMILES string of the molecule is C[C@H]1CCCN(C(=O)Nc2ccc(C#N)cc2)C1. The average Bonchev–Trinajstić information content (AvgIpc) is 2.39. The summed E-state index contributed by atoms with van der Waals surface area (Å²) in [6.45, 7) is 3.82. The Hall–Kier alpha value is -2.02. The van der Waals surface area contributed by atoms with Gasteiger partial charge in [-0.05, 0) is 43.0 Å². The highest BCUT2D eigenvalue weighted by Crippen LogP contribution is 2.17. The van der Waals surface area contributed by atoms with Crippen LogP contribution in [0.2, 0.25) is 0 Å². The van der Waals surface area contributed by atoms with Crippen LogP contribution in [-0.4, -0.2) is 24.0 Å². The van der Waals surface area contributed by atoms with E-state index < -0.39 is 0 Å². The van der Waals surface area contributed by atoms with Crippen LogP contribution in [-0.2, 0) is 0 Å². The van der Waals surface area contributed by atoms with E-state index >= 15 is 0 Å². The van der Waals surface area contributed by atoms with Gasteiger partial charge in [-0.1, -0.05) is 6.92 Å². The van der Waals surface area contributed by atoms with E-state index in [4.69, 9.17) is 5.26 Å². The second-order valence-corrected chi connectivity index (χ2v) is 4.81. The molecule has 1 atom stereocenters. The molecule has 4 nitrogen and oxygen atoms in total. The Morgan fingerprint density at radius 2 is 2.17 bits per heavy atom. The van der Waals surface area contributed by atoms with Crippen molar-refractivity contribution in [1.29, 1.82) is 5.26 Å². The first-order chi connectivity index (χ1) is 8.69. The summed E-state index contributed by atoms with van der Waals surface area (Å²) in [7, 11) is 0. The van der Waals surface area contributed by atoms with Gasteiger partial charge in [0.2, 0.25) is 0 Å². The van der Waals surface area contributed by atoms with Crippen molar-refractivity contribution in [2.24, 2.45) is 5.92 Å². The Bertz CT molecular complexity index is 461. The first kappa shape index (κ1) is 12.4. The Morgan fingerprint density at radius 3 is 2.78 bits per heavy atom. The number of likely N-dealkylation sites (tertiary alicyclic amines) is 1. The smallest absolute Gasteiger partial charge is 0.321 e. The number of benzene rings is 1. The molecule has 2 rings (SSSR count). The van der Waals surface area contributed by atoms with Crippen molar-refractivity contribution < 1.29 is 4.79 Å². The third kappa shape index (κ3) is 3.01. The lowest BCUT2D eigenvalue weighted by molar-refractivity contribution is 0.182. The van der Waals surface area contributed by atoms with Crippen LogP contribution >= 0.6 is 0 Å². The molecule has 0 bridgehead atoms. The molecule has 1 aliphatic rings. The number of rotatable bonds is 1. The van der Waals surface area contributed by atoms with E-state index in [0.29, 0.717) is 11.5 Å². The van der Waals surface area contributed by atoms with Crippen LogP contribution in [0.4, 0.5) is 10.5 Å². The van der Waals surface area contributed by atoms with Crippen LogP contribution in [0.5, 0.6) is 0 Å². The second-order valence-electron chi connectivity index (χ2n) is 4.81. The van der Waals surface area contributed by atoms with Gasteiger partial charge >= 0.3 is 6.03 Å². The van der Waals surface area contributed by atoms with E-state index in [2.05, 4.69) is 18.3 Å². The molecule has 0 spiro atoms. The van der Waals surface area contributed by atoms with E-state index in [1.165, 1.54) is 6.42 Å². The fourth-order valence-corrected chi connectivity index (χ4v) is 2.20. The number of hydrogen-bond acceptors (Lipinski definition) is 2. The van der Waals surface area contributed by atoms with Gasteiger partial charge in [-0.2, -0.15) is 5.26 Å². The van der Waals surface area contributed by atoms with Crippen LogP contribution in [0.15, 0.2) is 24.3 Å². The maximum Gasteiger partial charge on any atom is 0.321 e. The Kier molecular flexibility index (Phi) is 3.83. The van der Waals surface area contributed by atoms with Gasteiger partial charge < -0.3 is 10.2 Å². The van der Waals surface area contributed by atoms with E-state index in [1.54, 1.807) is 24.3 Å². The summed E-state index contributed by atoms with van der Waals surface area (Å²) in [5, 5.41) is 11.6. The first-order valence-electron chi connectivity index (χ1n) is 6.25. The van der Waals surface area contributed by atoms with E-state index in [0.717, 1.165) is 25.2 Å². The number of carbonyl (C=O) groups is 1. The lowest BCUT2D eigenvalue weighted by Gasteiger charge is -2.30. The number of hydrogen-bond donors (Lipinski definition) is 1. The topological polar surface area (TPSA) is 56.1 Å². The third-order valence-electron chi connectivity index (χ3n) is 3.21. The van der Waals surface area contributed by atoms with Crippen molar-refractivity contribution in [2.75, 3.05) is 18.4 Å². The van der Waals surface area contributed by atoms with Gasteiger partial charge in [-0.3, -0.25) is 0 Å². The summed E-state index contributed by atoms with van der Waals surface area (Å²) in [5.74, 6) is 0.575. The average molecular weight is 243 g/mol. The highest BCUT2D eigenvalue weighted by molar-refractivity contribution is 5.89. The number of nitrogens with one attached hydrogen (secondary N) is 1. The zero-order valence-electron chi connectivity index (χ0n) is 10.5. The predicted molar refractivity (Wildman–Crippen MR) is 70.1 cm³/mol. The van der Waals surface area contributed by atoms with Crippen LogP contribution in [0.1, 0.15) is 25.3 Å². The number of carbonyl (C=O) groups excluding carboxylic acids is 1. The predicted octanol–water partition coefficient (Wildman–Crippen LogP) is 2.82. The highest BCUT2D eigenvalue weighted by atomic mass is 16.2. The second kappa shape index (κ2) is 5.54. The van der Waals surface area contributed by atoms with Crippen LogP contribution in [0.25, 0.3) is 0 Å². The minimum absolute atomic E-state index is 0.0498. The third-order valence-corrected chi connectivity index (χ3v) is 3.21. The minimum atomic E-state index is -0.0498. The molecular weight excluding hydrogens is 226 g/mol. The molecular formula is C14H17N3O. The number of anilines is 1. The summed E-state index contributed by atoms with van der Waals surface area (Å²) < 4.78 is 0. The lowest BCUT2D eigenvalue weighted by Crippen LogP contribution is -2.41. The summed E-state index contributed by atoms with van der Waals surface area (Å²) in [5.41, 5.74) is 1.33. The zero-order chi connectivity index (χ0) is 13.0. The molecule has 94 valence electrons. The van der Waals surface area contributed by atoms with Crippen molar-refractivity contribution in [3.05, 3.63) is 29.8 Å².